The molecule has 152 valence electrons. The summed E-state index contributed by atoms with van der Waals surface area (Å²) in [5.74, 6) is 0.671. The minimum absolute atomic E-state index is 0.139. The van der Waals surface area contributed by atoms with E-state index in [1.54, 1.807) is 30.7 Å². The van der Waals surface area contributed by atoms with Crippen LogP contribution in [0.25, 0.3) is 0 Å². The highest BCUT2D eigenvalue weighted by molar-refractivity contribution is 5.38. The second kappa shape index (κ2) is 8.69. The van der Waals surface area contributed by atoms with Crippen LogP contribution in [0.5, 0.6) is 0 Å². The number of hydrogen-bond donors (Lipinski definition) is 0. The van der Waals surface area contributed by atoms with Crippen molar-refractivity contribution >= 4 is 5.82 Å². The SMILES string of the molecule is CCCn1cc(CN2CCN(c3cnccn3)CC2c2ccc(F)cc2)c(C)n1. The molecule has 3 aromatic rings. The molecule has 7 heteroatoms. The summed E-state index contributed by atoms with van der Waals surface area (Å²) in [5.41, 5.74) is 3.43. The smallest absolute Gasteiger partial charge is 0.147 e. The van der Waals surface area contributed by atoms with Gasteiger partial charge in [0.05, 0.1) is 17.9 Å². The first-order valence-electron chi connectivity index (χ1n) is 10.2. The van der Waals surface area contributed by atoms with Gasteiger partial charge in [-0.3, -0.25) is 14.6 Å². The van der Waals surface area contributed by atoms with Crippen LogP contribution in [0, 0.1) is 12.7 Å². The minimum atomic E-state index is -0.210. The van der Waals surface area contributed by atoms with Crippen molar-refractivity contribution in [2.75, 3.05) is 24.5 Å². The lowest BCUT2D eigenvalue weighted by Gasteiger charge is -2.42. The standard InChI is InChI=1S/C22H27FN6/c1-3-10-29-15-19(17(2)26-29)14-27-11-12-28(22-13-24-8-9-25-22)16-21(27)18-4-6-20(23)7-5-18/h4-9,13,15,21H,3,10-12,14,16H2,1-2H3. The number of halogens is 1. The van der Waals surface area contributed by atoms with E-state index in [1.807, 2.05) is 16.8 Å². The fraction of sp³-hybridized carbons (Fsp3) is 0.409. The highest BCUT2D eigenvalue weighted by atomic mass is 19.1. The molecule has 0 bridgehead atoms. The number of aryl methyl sites for hydroxylation is 2. The Balaban J connectivity index is 1.59. The third-order valence-electron chi connectivity index (χ3n) is 5.49. The summed E-state index contributed by atoms with van der Waals surface area (Å²) in [5, 5.41) is 4.65. The zero-order chi connectivity index (χ0) is 20.2. The zero-order valence-electron chi connectivity index (χ0n) is 17.0. The lowest BCUT2D eigenvalue weighted by molar-refractivity contribution is 0.168. The van der Waals surface area contributed by atoms with Crippen molar-refractivity contribution in [1.29, 1.82) is 0 Å². The maximum atomic E-state index is 13.5. The summed E-state index contributed by atoms with van der Waals surface area (Å²) >= 11 is 0. The van der Waals surface area contributed by atoms with Crippen molar-refractivity contribution in [1.82, 2.24) is 24.6 Å². The summed E-state index contributed by atoms with van der Waals surface area (Å²) in [7, 11) is 0. The molecule has 1 aliphatic heterocycles. The fourth-order valence-electron chi connectivity index (χ4n) is 3.95. The molecule has 0 amide bonds. The van der Waals surface area contributed by atoms with Crippen LogP contribution in [-0.4, -0.2) is 44.3 Å². The Labute approximate surface area is 171 Å². The van der Waals surface area contributed by atoms with Crippen molar-refractivity contribution in [3.63, 3.8) is 0 Å². The van der Waals surface area contributed by atoms with Gasteiger partial charge in [-0.15, -0.1) is 0 Å². The Morgan fingerprint density at radius 2 is 1.97 bits per heavy atom. The number of rotatable bonds is 6. The predicted octanol–water partition coefficient (Wildman–Crippen LogP) is 3.59. The number of nitrogens with zero attached hydrogens (tertiary/aromatic N) is 6. The van der Waals surface area contributed by atoms with Gasteiger partial charge in [0.25, 0.3) is 0 Å². The maximum Gasteiger partial charge on any atom is 0.147 e. The number of hydrogen-bond acceptors (Lipinski definition) is 5. The molecule has 0 radical (unpaired) electrons. The molecule has 0 aliphatic carbocycles. The Morgan fingerprint density at radius 1 is 1.14 bits per heavy atom. The lowest BCUT2D eigenvalue weighted by atomic mass is 10.0. The van der Waals surface area contributed by atoms with E-state index in [-0.39, 0.29) is 11.9 Å². The van der Waals surface area contributed by atoms with Crippen LogP contribution < -0.4 is 4.90 Å². The van der Waals surface area contributed by atoms with Gasteiger partial charge in [0, 0.05) is 56.9 Å². The lowest BCUT2D eigenvalue weighted by Crippen LogP contribution is -2.48. The van der Waals surface area contributed by atoms with Crippen LogP contribution in [0.15, 0.2) is 49.1 Å². The van der Waals surface area contributed by atoms with Gasteiger partial charge in [-0.25, -0.2) is 9.37 Å². The molecule has 3 heterocycles. The Morgan fingerprint density at radius 3 is 2.69 bits per heavy atom. The number of anilines is 1. The zero-order valence-corrected chi connectivity index (χ0v) is 17.0. The van der Waals surface area contributed by atoms with E-state index in [9.17, 15) is 4.39 Å². The van der Waals surface area contributed by atoms with Crippen LogP contribution in [-0.2, 0) is 13.1 Å². The number of aromatic nitrogens is 4. The Kier molecular flexibility index (Phi) is 5.85. The topological polar surface area (TPSA) is 50.1 Å². The summed E-state index contributed by atoms with van der Waals surface area (Å²) < 4.78 is 15.5. The maximum absolute atomic E-state index is 13.5. The third-order valence-corrected chi connectivity index (χ3v) is 5.49. The molecule has 1 unspecified atom stereocenters. The first kappa shape index (κ1) is 19.5. The molecule has 2 aromatic heterocycles. The molecule has 29 heavy (non-hydrogen) atoms. The van der Waals surface area contributed by atoms with Gasteiger partial charge in [-0.2, -0.15) is 5.10 Å². The van der Waals surface area contributed by atoms with Crippen molar-refractivity contribution in [2.24, 2.45) is 0 Å². The van der Waals surface area contributed by atoms with E-state index in [0.717, 1.165) is 56.2 Å². The van der Waals surface area contributed by atoms with Gasteiger partial charge in [0.15, 0.2) is 0 Å². The monoisotopic (exact) mass is 394 g/mol. The molecular formula is C22H27FN6. The van der Waals surface area contributed by atoms with Crippen LogP contribution in [0.2, 0.25) is 0 Å². The molecule has 0 N–H and O–H groups in total. The van der Waals surface area contributed by atoms with E-state index in [2.05, 4.69) is 44.9 Å². The van der Waals surface area contributed by atoms with E-state index in [1.165, 1.54) is 5.56 Å². The quantitative estimate of drug-likeness (QED) is 0.639. The minimum Gasteiger partial charge on any atom is -0.352 e. The van der Waals surface area contributed by atoms with Crippen LogP contribution >= 0.6 is 0 Å². The highest BCUT2D eigenvalue weighted by Gasteiger charge is 2.29. The third kappa shape index (κ3) is 4.45. The van der Waals surface area contributed by atoms with Gasteiger partial charge >= 0.3 is 0 Å². The van der Waals surface area contributed by atoms with Crippen LogP contribution in [0.4, 0.5) is 10.2 Å². The first-order valence-corrected chi connectivity index (χ1v) is 10.2. The second-order valence-electron chi connectivity index (χ2n) is 7.55. The van der Waals surface area contributed by atoms with Crippen molar-refractivity contribution in [3.8, 4) is 0 Å². The molecule has 4 rings (SSSR count). The van der Waals surface area contributed by atoms with Gasteiger partial charge in [-0.1, -0.05) is 19.1 Å². The van der Waals surface area contributed by atoms with Crippen molar-refractivity contribution < 1.29 is 4.39 Å². The molecule has 6 nitrogen and oxygen atoms in total. The second-order valence-corrected chi connectivity index (χ2v) is 7.55. The first-order chi connectivity index (χ1) is 14.1. The van der Waals surface area contributed by atoms with E-state index in [0.29, 0.717) is 0 Å². The molecular weight excluding hydrogens is 367 g/mol. The average molecular weight is 394 g/mol. The predicted molar refractivity (Wildman–Crippen MR) is 111 cm³/mol. The summed E-state index contributed by atoms with van der Waals surface area (Å²) in [6, 6.07) is 7.00. The summed E-state index contributed by atoms with van der Waals surface area (Å²) in [4.78, 5) is 13.4. The molecule has 1 aliphatic rings. The summed E-state index contributed by atoms with van der Waals surface area (Å²) in [6.45, 7) is 8.54. The van der Waals surface area contributed by atoms with Crippen LogP contribution in [0.3, 0.4) is 0 Å². The number of benzene rings is 1. The molecule has 0 spiro atoms. The van der Waals surface area contributed by atoms with Crippen LogP contribution in [0.1, 0.15) is 36.2 Å². The molecule has 0 saturated carbocycles. The summed E-state index contributed by atoms with van der Waals surface area (Å²) in [6.07, 6.45) is 8.44. The van der Waals surface area contributed by atoms with Gasteiger partial charge in [0.1, 0.15) is 11.6 Å². The van der Waals surface area contributed by atoms with E-state index < -0.39 is 0 Å². The Hall–Kier alpha value is -2.80. The molecule has 1 saturated heterocycles. The largest absolute Gasteiger partial charge is 0.352 e. The van der Waals surface area contributed by atoms with Gasteiger partial charge in [-0.05, 0) is 31.0 Å². The fourth-order valence-corrected chi connectivity index (χ4v) is 3.95. The van der Waals surface area contributed by atoms with Crippen molar-refractivity contribution in [2.45, 2.75) is 39.4 Å². The van der Waals surface area contributed by atoms with Gasteiger partial charge in [0.2, 0.25) is 0 Å². The van der Waals surface area contributed by atoms with Crippen molar-refractivity contribution in [3.05, 3.63) is 71.7 Å². The van der Waals surface area contributed by atoms with E-state index in [4.69, 9.17) is 0 Å². The molecule has 1 fully saturated rings. The average Bonchev–Trinajstić information content (AvgIpc) is 3.09. The molecule has 1 aromatic carbocycles. The van der Waals surface area contributed by atoms with E-state index >= 15 is 0 Å². The number of piperazine rings is 1. The Bertz CT molecular complexity index is 924. The normalized spacial score (nSPS) is 17.6. The highest BCUT2D eigenvalue weighted by Crippen LogP contribution is 2.29. The molecule has 1 atom stereocenters. The van der Waals surface area contributed by atoms with Gasteiger partial charge < -0.3 is 4.90 Å².